The Labute approximate surface area is 189 Å². The minimum absolute atomic E-state index is 0.00764. The zero-order valence-electron chi connectivity index (χ0n) is 16.3. The van der Waals surface area contributed by atoms with Gasteiger partial charge in [-0.2, -0.15) is 0 Å². The number of carbonyl (C=O) groups excluding carboxylic acids is 1. The topological polar surface area (TPSA) is 66.5 Å². The van der Waals surface area contributed by atoms with E-state index >= 15 is 0 Å². The number of amides is 1. The Morgan fingerprint density at radius 3 is 2.32 bits per heavy atom. The van der Waals surface area contributed by atoms with E-state index in [0.29, 0.717) is 33.4 Å². The number of fused-ring (bicyclic) bond motifs is 1. The van der Waals surface area contributed by atoms with Crippen molar-refractivity contribution >= 4 is 50.5 Å². The van der Waals surface area contributed by atoms with Crippen molar-refractivity contribution in [3.05, 3.63) is 87.7 Å². The van der Waals surface area contributed by atoms with E-state index in [0.717, 1.165) is 17.7 Å². The summed E-state index contributed by atoms with van der Waals surface area (Å²) in [5.41, 5.74) is 2.06. The van der Waals surface area contributed by atoms with Crippen LogP contribution in [0, 0.1) is 5.82 Å². The fourth-order valence-electron chi connectivity index (χ4n) is 3.66. The van der Waals surface area contributed by atoms with Crippen LogP contribution in [0.25, 0.3) is 0 Å². The average molecular weight is 479 g/mol. The number of halogens is 3. The number of hydrogen-bond donors (Lipinski definition) is 1. The van der Waals surface area contributed by atoms with Crippen LogP contribution in [0.1, 0.15) is 22.8 Å². The van der Waals surface area contributed by atoms with E-state index in [1.54, 1.807) is 43.3 Å². The van der Waals surface area contributed by atoms with Crippen LogP contribution >= 0.6 is 23.2 Å². The second-order valence-corrected chi connectivity index (χ2v) is 9.95. The molecule has 0 radical (unpaired) electrons. The van der Waals surface area contributed by atoms with Gasteiger partial charge < -0.3 is 5.32 Å². The fraction of sp³-hybridized carbons (Fsp3) is 0.136. The van der Waals surface area contributed by atoms with Gasteiger partial charge in [0.25, 0.3) is 15.9 Å². The molecule has 0 bridgehead atoms. The molecule has 1 heterocycles. The molecule has 9 heteroatoms. The SMILES string of the molecule is C[C@H]1Cc2cc(C(=O)Nc3cc(Cl)cc(Cl)c3)ccc2N1S(=O)(=O)c1ccc(F)cc1. The normalized spacial score (nSPS) is 15.6. The summed E-state index contributed by atoms with van der Waals surface area (Å²) in [6.45, 7) is 1.79. The van der Waals surface area contributed by atoms with Crippen molar-refractivity contribution < 1.29 is 17.6 Å². The molecule has 1 aliphatic heterocycles. The Hall–Kier alpha value is -2.61. The van der Waals surface area contributed by atoms with Crippen molar-refractivity contribution in [2.24, 2.45) is 0 Å². The van der Waals surface area contributed by atoms with Gasteiger partial charge in [-0.25, -0.2) is 12.8 Å². The van der Waals surface area contributed by atoms with Gasteiger partial charge in [0.05, 0.1) is 10.6 Å². The number of sulfonamides is 1. The predicted molar refractivity (Wildman–Crippen MR) is 120 cm³/mol. The maximum absolute atomic E-state index is 13.2. The van der Waals surface area contributed by atoms with Crippen molar-refractivity contribution in [2.45, 2.75) is 24.3 Å². The number of nitrogens with zero attached hydrogens (tertiary/aromatic N) is 1. The van der Waals surface area contributed by atoms with E-state index in [-0.39, 0.29) is 16.8 Å². The monoisotopic (exact) mass is 478 g/mol. The maximum Gasteiger partial charge on any atom is 0.264 e. The first-order valence-corrected chi connectivity index (χ1v) is 11.5. The van der Waals surface area contributed by atoms with Crippen LogP contribution in [0.2, 0.25) is 10.0 Å². The molecule has 0 spiro atoms. The molecule has 0 fully saturated rings. The molecule has 1 aliphatic rings. The van der Waals surface area contributed by atoms with Gasteiger partial charge in [-0.15, -0.1) is 0 Å². The fourth-order valence-corrected chi connectivity index (χ4v) is 5.88. The lowest BCUT2D eigenvalue weighted by Crippen LogP contribution is -2.35. The first kappa shape index (κ1) is 21.6. The lowest BCUT2D eigenvalue weighted by atomic mass is 10.1. The highest BCUT2D eigenvalue weighted by Gasteiger charge is 2.36. The van der Waals surface area contributed by atoms with Crippen molar-refractivity contribution in [1.82, 2.24) is 0 Å². The zero-order valence-corrected chi connectivity index (χ0v) is 18.6. The van der Waals surface area contributed by atoms with Crippen LogP contribution < -0.4 is 9.62 Å². The van der Waals surface area contributed by atoms with E-state index in [1.165, 1.54) is 16.4 Å². The van der Waals surface area contributed by atoms with Crippen molar-refractivity contribution in [3.63, 3.8) is 0 Å². The molecule has 0 aliphatic carbocycles. The van der Waals surface area contributed by atoms with Crippen molar-refractivity contribution in [1.29, 1.82) is 0 Å². The summed E-state index contributed by atoms with van der Waals surface area (Å²) in [6.07, 6.45) is 0.444. The molecule has 1 amide bonds. The van der Waals surface area contributed by atoms with Gasteiger partial charge in [0.15, 0.2) is 0 Å². The summed E-state index contributed by atoms with van der Waals surface area (Å²) < 4.78 is 40.8. The van der Waals surface area contributed by atoms with E-state index in [2.05, 4.69) is 5.32 Å². The largest absolute Gasteiger partial charge is 0.322 e. The number of nitrogens with one attached hydrogen (secondary N) is 1. The van der Waals surface area contributed by atoms with Crippen LogP contribution in [0.3, 0.4) is 0 Å². The molecule has 3 aromatic carbocycles. The minimum atomic E-state index is -3.87. The second-order valence-electron chi connectivity index (χ2n) is 7.26. The van der Waals surface area contributed by atoms with Gasteiger partial charge in [0.1, 0.15) is 5.82 Å². The molecule has 1 N–H and O–H groups in total. The summed E-state index contributed by atoms with van der Waals surface area (Å²) in [7, 11) is -3.87. The van der Waals surface area contributed by atoms with E-state index in [4.69, 9.17) is 23.2 Å². The number of carbonyl (C=O) groups is 1. The summed E-state index contributed by atoms with van der Waals surface area (Å²) in [5, 5.41) is 3.53. The summed E-state index contributed by atoms with van der Waals surface area (Å²) >= 11 is 11.9. The molecule has 0 saturated carbocycles. The highest BCUT2D eigenvalue weighted by Crippen LogP contribution is 2.37. The highest BCUT2D eigenvalue weighted by atomic mass is 35.5. The van der Waals surface area contributed by atoms with Crippen LogP contribution in [0.15, 0.2) is 65.6 Å². The summed E-state index contributed by atoms with van der Waals surface area (Å²) in [5.74, 6) is -0.876. The molecular weight excluding hydrogens is 462 g/mol. The molecule has 5 nitrogen and oxygen atoms in total. The second kappa shape index (κ2) is 8.15. The smallest absolute Gasteiger partial charge is 0.264 e. The van der Waals surface area contributed by atoms with Crippen LogP contribution in [0.4, 0.5) is 15.8 Å². The van der Waals surface area contributed by atoms with E-state index < -0.39 is 15.8 Å². The number of hydrogen-bond acceptors (Lipinski definition) is 3. The molecule has 0 saturated heterocycles. The zero-order chi connectivity index (χ0) is 22.3. The van der Waals surface area contributed by atoms with Gasteiger partial charge in [0.2, 0.25) is 0 Å². The average Bonchev–Trinajstić information content (AvgIpc) is 3.03. The molecule has 31 heavy (non-hydrogen) atoms. The summed E-state index contributed by atoms with van der Waals surface area (Å²) in [4.78, 5) is 12.7. The number of rotatable bonds is 4. The quantitative estimate of drug-likeness (QED) is 0.536. The Morgan fingerprint density at radius 2 is 1.68 bits per heavy atom. The van der Waals surface area contributed by atoms with E-state index in [1.807, 2.05) is 0 Å². The lowest BCUT2D eigenvalue weighted by molar-refractivity contribution is 0.102. The first-order valence-electron chi connectivity index (χ1n) is 9.35. The lowest BCUT2D eigenvalue weighted by Gasteiger charge is -2.24. The van der Waals surface area contributed by atoms with Gasteiger partial charge in [0, 0.05) is 27.3 Å². The third kappa shape index (κ3) is 4.26. The van der Waals surface area contributed by atoms with E-state index in [9.17, 15) is 17.6 Å². The van der Waals surface area contributed by atoms with Crippen molar-refractivity contribution in [2.75, 3.05) is 9.62 Å². The molecule has 4 rings (SSSR count). The maximum atomic E-state index is 13.2. The Kier molecular flexibility index (Phi) is 5.68. The minimum Gasteiger partial charge on any atom is -0.322 e. The standard InChI is InChI=1S/C22H17Cl2FN2O3S/c1-13-8-15-9-14(22(28)26-19-11-16(23)10-17(24)12-19)2-7-21(15)27(13)31(29,30)20-5-3-18(25)4-6-20/h2-7,9-13H,8H2,1H3,(H,26,28)/t13-/m0/s1. The Morgan fingerprint density at radius 1 is 1.03 bits per heavy atom. The van der Waals surface area contributed by atoms with Gasteiger partial charge in [-0.3, -0.25) is 9.10 Å². The highest BCUT2D eigenvalue weighted by molar-refractivity contribution is 7.92. The molecule has 0 unspecified atom stereocenters. The molecule has 3 aromatic rings. The van der Waals surface area contributed by atoms with Gasteiger partial charge in [-0.05, 0) is 79.6 Å². The van der Waals surface area contributed by atoms with Crippen LogP contribution in [-0.2, 0) is 16.4 Å². The predicted octanol–water partition coefficient (Wildman–Crippen LogP) is 5.52. The Bertz CT molecular complexity index is 1260. The first-order chi connectivity index (χ1) is 14.6. The molecule has 0 aromatic heterocycles. The third-order valence-corrected chi connectivity index (χ3v) is 7.36. The van der Waals surface area contributed by atoms with Gasteiger partial charge >= 0.3 is 0 Å². The van der Waals surface area contributed by atoms with Crippen LogP contribution in [0.5, 0.6) is 0 Å². The van der Waals surface area contributed by atoms with Crippen molar-refractivity contribution in [3.8, 4) is 0 Å². The Balaban J connectivity index is 1.63. The summed E-state index contributed by atoms with van der Waals surface area (Å²) in [6, 6.07) is 13.9. The molecule has 1 atom stereocenters. The molecule has 160 valence electrons. The third-order valence-electron chi connectivity index (χ3n) is 4.99. The molecular formula is C22H17Cl2FN2O3S. The van der Waals surface area contributed by atoms with Gasteiger partial charge in [-0.1, -0.05) is 23.2 Å². The number of anilines is 2. The van der Waals surface area contributed by atoms with Crippen LogP contribution in [-0.4, -0.2) is 20.4 Å². The number of benzene rings is 3.